The number of para-hydroxylation sites is 1. The molecule has 7 aromatic carbocycles. The third-order valence-electron chi connectivity index (χ3n) is 13.3. The van der Waals surface area contributed by atoms with E-state index in [-0.39, 0.29) is 16.2 Å². The van der Waals surface area contributed by atoms with Gasteiger partial charge in [0.1, 0.15) is 11.2 Å². The summed E-state index contributed by atoms with van der Waals surface area (Å²) in [5, 5.41) is 4.98. The molecule has 2 heterocycles. The summed E-state index contributed by atoms with van der Waals surface area (Å²) in [6.07, 6.45) is 2.40. The lowest BCUT2D eigenvalue weighted by Crippen LogP contribution is -2.33. The van der Waals surface area contributed by atoms with Gasteiger partial charge in [0.2, 0.25) is 0 Å². The summed E-state index contributed by atoms with van der Waals surface area (Å²) < 4.78 is 9.05. The zero-order chi connectivity index (χ0) is 38.1. The summed E-state index contributed by atoms with van der Waals surface area (Å²) in [5.41, 5.74) is 16.3. The maximum atomic E-state index is 6.36. The number of nitrogens with zero attached hydrogens (tertiary/aromatic N) is 1. The fourth-order valence-electron chi connectivity index (χ4n) is 10.1. The molecule has 0 atom stereocenters. The zero-order valence-electron chi connectivity index (χ0n) is 33.0. The third-order valence-corrected chi connectivity index (χ3v) is 14.4. The second-order valence-corrected chi connectivity index (χ2v) is 19.1. The van der Waals surface area contributed by atoms with Crippen LogP contribution in [0.4, 0.5) is 17.1 Å². The third kappa shape index (κ3) is 4.80. The van der Waals surface area contributed by atoms with Crippen molar-refractivity contribution in [1.82, 2.24) is 0 Å². The normalized spacial score (nSPS) is 16.3. The molecule has 2 nitrogen and oxygen atoms in total. The summed E-state index contributed by atoms with van der Waals surface area (Å²) in [7, 11) is 0. The van der Waals surface area contributed by atoms with Crippen LogP contribution < -0.4 is 4.90 Å². The van der Waals surface area contributed by atoms with E-state index in [1.165, 1.54) is 88.9 Å². The molecule has 0 N–H and O–H groups in total. The van der Waals surface area contributed by atoms with Gasteiger partial charge in [0, 0.05) is 47.7 Å². The van der Waals surface area contributed by atoms with Crippen molar-refractivity contribution in [2.45, 2.75) is 70.6 Å². The SMILES string of the molecule is CC1(C)CCC(C)(C)c2cc3c(cc21)sc1cccc(N(c2cccc(-c4cccc5oc6ccccc6c45)c2)c2ccc4c(c2)C(C)(C)c2ccccc2-4)c13. The second-order valence-electron chi connectivity index (χ2n) is 18.0. The smallest absolute Gasteiger partial charge is 0.136 e. The van der Waals surface area contributed by atoms with Crippen LogP contribution in [0.2, 0.25) is 0 Å². The molecule has 0 aliphatic heterocycles. The number of benzene rings is 7. The average molecular weight is 744 g/mol. The van der Waals surface area contributed by atoms with Crippen molar-refractivity contribution < 1.29 is 4.42 Å². The summed E-state index contributed by atoms with van der Waals surface area (Å²) in [6.45, 7) is 14.5. The van der Waals surface area contributed by atoms with Gasteiger partial charge in [0.25, 0.3) is 0 Å². The molecular weight excluding hydrogens is 699 g/mol. The first-order valence-corrected chi connectivity index (χ1v) is 20.9. The van der Waals surface area contributed by atoms with Gasteiger partial charge in [-0.3, -0.25) is 0 Å². The zero-order valence-corrected chi connectivity index (χ0v) is 33.8. The largest absolute Gasteiger partial charge is 0.456 e. The number of anilines is 3. The van der Waals surface area contributed by atoms with Crippen LogP contribution in [0.25, 0.3) is 64.4 Å². The molecule has 0 radical (unpaired) electrons. The molecule has 2 aromatic heterocycles. The van der Waals surface area contributed by atoms with Crippen molar-refractivity contribution in [2.75, 3.05) is 4.90 Å². The highest BCUT2D eigenvalue weighted by Gasteiger charge is 2.38. The summed E-state index contributed by atoms with van der Waals surface area (Å²) in [4.78, 5) is 2.53. The van der Waals surface area contributed by atoms with E-state index in [2.05, 4.69) is 180 Å². The quantitative estimate of drug-likeness (QED) is 0.178. The highest BCUT2D eigenvalue weighted by atomic mass is 32.1. The molecular formula is C53H45NOS. The molecule has 56 heavy (non-hydrogen) atoms. The molecule has 3 heteroatoms. The van der Waals surface area contributed by atoms with Gasteiger partial charge in [0.05, 0.1) is 5.69 Å². The van der Waals surface area contributed by atoms with Crippen molar-refractivity contribution in [2.24, 2.45) is 0 Å². The molecule has 0 bridgehead atoms. The van der Waals surface area contributed by atoms with Gasteiger partial charge in [-0.05, 0) is 129 Å². The van der Waals surface area contributed by atoms with Crippen molar-refractivity contribution in [3.05, 3.63) is 162 Å². The first-order valence-electron chi connectivity index (χ1n) is 20.1. The number of fused-ring (bicyclic) bond motifs is 10. The number of hydrogen-bond donors (Lipinski definition) is 0. The van der Waals surface area contributed by atoms with Crippen LogP contribution in [-0.2, 0) is 16.2 Å². The van der Waals surface area contributed by atoms with Gasteiger partial charge >= 0.3 is 0 Å². The van der Waals surface area contributed by atoms with E-state index in [0.717, 1.165) is 27.6 Å². The Morgan fingerprint density at radius 3 is 2.02 bits per heavy atom. The lowest BCUT2D eigenvalue weighted by atomic mass is 9.63. The molecule has 0 amide bonds. The lowest BCUT2D eigenvalue weighted by Gasteiger charge is -2.42. The molecule has 0 saturated carbocycles. The van der Waals surface area contributed by atoms with E-state index < -0.39 is 0 Å². The Balaban J connectivity index is 1.18. The predicted octanol–water partition coefficient (Wildman–Crippen LogP) is 15.7. The summed E-state index contributed by atoms with van der Waals surface area (Å²) >= 11 is 1.94. The fraction of sp³-hybridized carbons (Fsp3) is 0.208. The molecule has 9 aromatic rings. The topological polar surface area (TPSA) is 16.4 Å². The maximum absolute atomic E-state index is 6.36. The Bertz CT molecular complexity index is 3080. The van der Waals surface area contributed by atoms with Crippen molar-refractivity contribution >= 4 is 70.5 Å². The minimum absolute atomic E-state index is 0.119. The van der Waals surface area contributed by atoms with Crippen LogP contribution in [0.3, 0.4) is 0 Å². The van der Waals surface area contributed by atoms with E-state index in [9.17, 15) is 0 Å². The highest BCUT2D eigenvalue weighted by Crippen LogP contribution is 2.54. The van der Waals surface area contributed by atoms with E-state index in [1.807, 2.05) is 17.4 Å². The van der Waals surface area contributed by atoms with Crippen molar-refractivity contribution in [3.8, 4) is 22.3 Å². The maximum Gasteiger partial charge on any atom is 0.136 e. The van der Waals surface area contributed by atoms with E-state index >= 15 is 0 Å². The lowest BCUT2D eigenvalue weighted by molar-refractivity contribution is 0.332. The number of hydrogen-bond acceptors (Lipinski definition) is 3. The van der Waals surface area contributed by atoms with E-state index in [1.54, 1.807) is 0 Å². The van der Waals surface area contributed by atoms with Gasteiger partial charge in [-0.25, -0.2) is 0 Å². The Kier molecular flexibility index (Phi) is 7.03. The molecule has 0 fully saturated rings. The van der Waals surface area contributed by atoms with Crippen LogP contribution >= 0.6 is 11.3 Å². The molecule has 0 spiro atoms. The van der Waals surface area contributed by atoms with Crippen LogP contribution in [0, 0.1) is 0 Å². The van der Waals surface area contributed by atoms with Gasteiger partial charge in [-0.1, -0.05) is 120 Å². The number of rotatable bonds is 4. The van der Waals surface area contributed by atoms with Gasteiger partial charge in [-0.15, -0.1) is 11.3 Å². The van der Waals surface area contributed by atoms with Gasteiger partial charge in [-0.2, -0.15) is 0 Å². The monoisotopic (exact) mass is 743 g/mol. The van der Waals surface area contributed by atoms with E-state index in [4.69, 9.17) is 4.42 Å². The van der Waals surface area contributed by atoms with Crippen LogP contribution in [0.15, 0.2) is 144 Å². The average Bonchev–Trinajstić information content (AvgIpc) is 3.84. The number of furan rings is 1. The summed E-state index contributed by atoms with van der Waals surface area (Å²) in [6, 6.07) is 52.1. The highest BCUT2D eigenvalue weighted by molar-refractivity contribution is 7.26. The van der Waals surface area contributed by atoms with Gasteiger partial charge < -0.3 is 9.32 Å². The summed E-state index contributed by atoms with van der Waals surface area (Å²) in [5.74, 6) is 0. The fourth-order valence-corrected chi connectivity index (χ4v) is 11.3. The molecule has 274 valence electrons. The molecule has 0 unspecified atom stereocenters. The van der Waals surface area contributed by atoms with Crippen molar-refractivity contribution in [3.63, 3.8) is 0 Å². The van der Waals surface area contributed by atoms with Crippen molar-refractivity contribution in [1.29, 1.82) is 0 Å². The van der Waals surface area contributed by atoms with Crippen LogP contribution in [0.1, 0.15) is 76.6 Å². The Hall–Kier alpha value is -5.64. The van der Waals surface area contributed by atoms with E-state index in [0.29, 0.717) is 0 Å². The predicted molar refractivity (Wildman–Crippen MR) is 240 cm³/mol. The van der Waals surface area contributed by atoms with Crippen LogP contribution in [-0.4, -0.2) is 0 Å². The minimum atomic E-state index is -0.119. The molecule has 0 saturated heterocycles. The number of thiophene rings is 1. The Labute approximate surface area is 333 Å². The molecule has 2 aliphatic rings. The van der Waals surface area contributed by atoms with Gasteiger partial charge in [0.15, 0.2) is 0 Å². The standard InChI is InChI=1S/C53H45NOS/c1-51(2)26-27-52(3,4)43-31-48-39(30-42(43)51)50-44(20-13-23-47(50)56-48)54(34-24-25-37-36-16-7-9-19-40(36)53(5,6)41(37)29-34)33-15-11-14-32(28-33)35-18-12-22-46-49(35)38-17-8-10-21-45(38)55-46/h7-25,28-31H,26-27H2,1-6H3. The second kappa shape index (κ2) is 11.7. The molecule has 11 rings (SSSR count). The first-order chi connectivity index (χ1) is 27.0. The molecule has 2 aliphatic carbocycles. The van der Waals surface area contributed by atoms with Crippen LogP contribution in [0.5, 0.6) is 0 Å². The Morgan fingerprint density at radius 2 is 1.16 bits per heavy atom. The minimum Gasteiger partial charge on any atom is -0.456 e. The Morgan fingerprint density at radius 1 is 0.482 bits per heavy atom. The first kappa shape index (κ1) is 33.7.